The fraction of sp³-hybridized carbons (Fsp3) is 0.571. The number of fused-ring (bicyclic) bond motifs is 3. The van der Waals surface area contributed by atoms with Gasteiger partial charge in [0.2, 0.25) is 0 Å². The number of nitrogens with zero attached hydrogens (tertiary/aromatic N) is 1. The van der Waals surface area contributed by atoms with Gasteiger partial charge in [-0.3, -0.25) is 0 Å². The first-order valence-corrected chi connectivity index (χ1v) is 6.24. The monoisotopic (exact) mass is 216 g/mol. The van der Waals surface area contributed by atoms with Crippen LogP contribution in [0.5, 0.6) is 0 Å². The molecule has 1 heterocycles. The Balaban J connectivity index is 2.23. The fourth-order valence-corrected chi connectivity index (χ4v) is 3.72. The number of hydrazine groups is 1. The SMILES string of the molecule is CC12CCCCC1(C)N(N)c1ccccc12. The summed E-state index contributed by atoms with van der Waals surface area (Å²) < 4.78 is 0. The zero-order valence-corrected chi connectivity index (χ0v) is 10.2. The molecule has 1 aromatic carbocycles. The fourth-order valence-electron chi connectivity index (χ4n) is 3.72. The zero-order valence-electron chi connectivity index (χ0n) is 10.2. The van der Waals surface area contributed by atoms with E-state index in [0.29, 0.717) is 0 Å². The molecule has 1 fully saturated rings. The number of para-hydroxylation sites is 1. The molecule has 3 rings (SSSR count). The van der Waals surface area contributed by atoms with Crippen molar-refractivity contribution < 1.29 is 0 Å². The molecule has 1 saturated carbocycles. The molecule has 2 heteroatoms. The highest BCUT2D eigenvalue weighted by Crippen LogP contribution is 2.56. The van der Waals surface area contributed by atoms with E-state index in [4.69, 9.17) is 5.84 Å². The van der Waals surface area contributed by atoms with Crippen molar-refractivity contribution in [3.63, 3.8) is 0 Å². The Hall–Kier alpha value is -1.02. The Morgan fingerprint density at radius 3 is 2.62 bits per heavy atom. The molecular weight excluding hydrogens is 196 g/mol. The molecule has 0 amide bonds. The normalized spacial score (nSPS) is 37.1. The first-order valence-electron chi connectivity index (χ1n) is 6.24. The number of rotatable bonds is 0. The second-order valence-corrected chi connectivity index (χ2v) is 5.70. The van der Waals surface area contributed by atoms with Crippen molar-refractivity contribution in [3.8, 4) is 0 Å². The van der Waals surface area contributed by atoms with Crippen LogP contribution in [-0.2, 0) is 5.41 Å². The van der Waals surface area contributed by atoms with Gasteiger partial charge in [0, 0.05) is 5.41 Å². The molecule has 1 aliphatic heterocycles. The van der Waals surface area contributed by atoms with Gasteiger partial charge in [-0.25, -0.2) is 5.84 Å². The van der Waals surface area contributed by atoms with Crippen LogP contribution in [-0.4, -0.2) is 5.54 Å². The molecule has 86 valence electrons. The van der Waals surface area contributed by atoms with Crippen LogP contribution >= 0.6 is 0 Å². The third-order valence-corrected chi connectivity index (χ3v) is 5.07. The number of hydrogen-bond acceptors (Lipinski definition) is 2. The van der Waals surface area contributed by atoms with E-state index in [-0.39, 0.29) is 11.0 Å². The second kappa shape index (κ2) is 3.01. The van der Waals surface area contributed by atoms with Crippen molar-refractivity contribution >= 4 is 5.69 Å². The second-order valence-electron chi connectivity index (χ2n) is 5.70. The molecule has 2 aliphatic rings. The van der Waals surface area contributed by atoms with Gasteiger partial charge in [0.25, 0.3) is 0 Å². The number of hydrogen-bond donors (Lipinski definition) is 1. The van der Waals surface area contributed by atoms with Crippen LogP contribution in [0.2, 0.25) is 0 Å². The van der Waals surface area contributed by atoms with E-state index in [1.54, 1.807) is 0 Å². The maximum atomic E-state index is 6.35. The van der Waals surface area contributed by atoms with Gasteiger partial charge in [-0.05, 0) is 31.4 Å². The summed E-state index contributed by atoms with van der Waals surface area (Å²) in [7, 11) is 0. The molecule has 2 nitrogen and oxygen atoms in total. The smallest absolute Gasteiger partial charge is 0.0627 e. The van der Waals surface area contributed by atoms with Crippen LogP contribution in [0.15, 0.2) is 24.3 Å². The molecule has 16 heavy (non-hydrogen) atoms. The van der Waals surface area contributed by atoms with Gasteiger partial charge in [0.1, 0.15) is 0 Å². The lowest BCUT2D eigenvalue weighted by Crippen LogP contribution is -2.59. The van der Waals surface area contributed by atoms with Crippen LogP contribution in [0.4, 0.5) is 5.69 Å². The minimum Gasteiger partial charge on any atom is -0.304 e. The van der Waals surface area contributed by atoms with Gasteiger partial charge in [-0.1, -0.05) is 38.0 Å². The van der Waals surface area contributed by atoms with Crippen LogP contribution in [0, 0.1) is 0 Å². The Bertz CT molecular complexity index is 428. The summed E-state index contributed by atoms with van der Waals surface area (Å²) in [6.45, 7) is 4.71. The zero-order chi connectivity index (χ0) is 11.4. The Labute approximate surface area is 97.4 Å². The molecule has 0 saturated heterocycles. The van der Waals surface area contributed by atoms with E-state index < -0.39 is 0 Å². The average molecular weight is 216 g/mol. The average Bonchev–Trinajstić information content (AvgIpc) is 2.48. The highest BCUT2D eigenvalue weighted by Gasteiger charge is 2.56. The third-order valence-electron chi connectivity index (χ3n) is 5.07. The van der Waals surface area contributed by atoms with Gasteiger partial charge in [0.15, 0.2) is 0 Å². The molecule has 0 bridgehead atoms. The molecule has 2 atom stereocenters. The van der Waals surface area contributed by atoms with Crippen LogP contribution < -0.4 is 10.9 Å². The largest absolute Gasteiger partial charge is 0.304 e. The van der Waals surface area contributed by atoms with Crippen molar-refractivity contribution in [1.29, 1.82) is 0 Å². The summed E-state index contributed by atoms with van der Waals surface area (Å²) in [5.74, 6) is 6.35. The summed E-state index contributed by atoms with van der Waals surface area (Å²) in [5.41, 5.74) is 3.01. The summed E-state index contributed by atoms with van der Waals surface area (Å²) >= 11 is 0. The van der Waals surface area contributed by atoms with Crippen LogP contribution in [0.1, 0.15) is 45.1 Å². The van der Waals surface area contributed by atoms with E-state index in [1.807, 2.05) is 5.01 Å². The quantitative estimate of drug-likeness (QED) is 0.676. The summed E-state index contributed by atoms with van der Waals surface area (Å²) in [5, 5.41) is 2.03. The van der Waals surface area contributed by atoms with Crippen molar-refractivity contribution in [1.82, 2.24) is 0 Å². The summed E-state index contributed by atoms with van der Waals surface area (Å²) in [6.07, 6.45) is 5.09. The van der Waals surface area contributed by atoms with Crippen molar-refractivity contribution in [3.05, 3.63) is 29.8 Å². The topological polar surface area (TPSA) is 29.3 Å². The molecule has 0 spiro atoms. The molecule has 2 unspecified atom stereocenters. The maximum Gasteiger partial charge on any atom is 0.0627 e. The van der Waals surface area contributed by atoms with Crippen molar-refractivity contribution in [2.24, 2.45) is 5.84 Å². The maximum absolute atomic E-state index is 6.35. The lowest BCUT2D eigenvalue weighted by atomic mass is 9.62. The number of benzene rings is 1. The Kier molecular flexibility index (Phi) is 1.91. The minimum atomic E-state index is 0.106. The Morgan fingerprint density at radius 2 is 1.81 bits per heavy atom. The standard InChI is InChI=1S/C14H20N2/c1-13-9-5-6-10-14(13,2)16(15)12-8-4-3-7-11(12)13/h3-4,7-8H,5-6,9-10,15H2,1-2H3. The van der Waals surface area contributed by atoms with Gasteiger partial charge in [0.05, 0.1) is 11.2 Å². The molecule has 1 aromatic rings. The van der Waals surface area contributed by atoms with Gasteiger partial charge < -0.3 is 5.01 Å². The van der Waals surface area contributed by atoms with Gasteiger partial charge >= 0.3 is 0 Å². The third kappa shape index (κ3) is 0.963. The van der Waals surface area contributed by atoms with Crippen molar-refractivity contribution in [2.75, 3.05) is 5.01 Å². The summed E-state index contributed by atoms with van der Waals surface area (Å²) in [4.78, 5) is 0. The minimum absolute atomic E-state index is 0.106. The lowest BCUT2D eigenvalue weighted by molar-refractivity contribution is 0.184. The highest BCUT2D eigenvalue weighted by molar-refractivity contribution is 5.65. The summed E-state index contributed by atoms with van der Waals surface area (Å²) in [6, 6.07) is 8.64. The molecular formula is C14H20N2. The first kappa shape index (κ1) is 10.2. The van der Waals surface area contributed by atoms with Crippen LogP contribution in [0.3, 0.4) is 0 Å². The first-order chi connectivity index (χ1) is 7.59. The lowest BCUT2D eigenvalue weighted by Gasteiger charge is -2.48. The molecule has 2 N–H and O–H groups in total. The van der Waals surface area contributed by atoms with Crippen LogP contribution in [0.25, 0.3) is 0 Å². The van der Waals surface area contributed by atoms with E-state index in [0.717, 1.165) is 0 Å². The Morgan fingerprint density at radius 1 is 1.12 bits per heavy atom. The number of anilines is 1. The predicted molar refractivity (Wildman–Crippen MR) is 67.3 cm³/mol. The van der Waals surface area contributed by atoms with E-state index in [1.165, 1.54) is 36.9 Å². The molecule has 0 aromatic heterocycles. The molecule has 0 radical (unpaired) electrons. The molecule has 1 aliphatic carbocycles. The number of nitrogens with two attached hydrogens (primary N) is 1. The van der Waals surface area contributed by atoms with E-state index in [9.17, 15) is 0 Å². The highest BCUT2D eigenvalue weighted by atomic mass is 15.5. The van der Waals surface area contributed by atoms with E-state index in [2.05, 4.69) is 38.1 Å². The van der Waals surface area contributed by atoms with Gasteiger partial charge in [-0.15, -0.1) is 0 Å². The van der Waals surface area contributed by atoms with Crippen molar-refractivity contribution in [2.45, 2.75) is 50.5 Å². The predicted octanol–water partition coefficient (Wildman–Crippen LogP) is 2.97. The van der Waals surface area contributed by atoms with Gasteiger partial charge in [-0.2, -0.15) is 0 Å². The van der Waals surface area contributed by atoms with E-state index >= 15 is 0 Å².